The molecule has 1 nitrogen and oxygen atoms in total. The first kappa shape index (κ1) is 7.22. The molecular weight excluding hydrogens is 131 g/mol. The van der Waals surface area contributed by atoms with Gasteiger partial charge in [-0.25, -0.2) is 4.39 Å². The highest BCUT2D eigenvalue weighted by Gasteiger charge is 1.91. The second-order valence-electron chi connectivity index (χ2n) is 2.06. The van der Waals surface area contributed by atoms with Gasteiger partial charge >= 0.3 is 0 Å². The van der Waals surface area contributed by atoms with Crippen LogP contribution in [0.3, 0.4) is 0 Å². The summed E-state index contributed by atoms with van der Waals surface area (Å²) in [6.45, 7) is 0.470. The quantitative estimate of drug-likeness (QED) is 0.610. The molecule has 0 fully saturated rings. The standard InChI is InChI=1S/C8H9FO/c1-10-6-7-3-2-4-8(9)5-7/h2-5H,6H2,1H3. The first-order chi connectivity index (χ1) is 4.83. The summed E-state index contributed by atoms with van der Waals surface area (Å²) < 4.78 is 17.3. The molecule has 0 saturated carbocycles. The van der Waals surface area contributed by atoms with E-state index in [2.05, 4.69) is 0 Å². The maximum absolute atomic E-state index is 12.4. The van der Waals surface area contributed by atoms with E-state index in [1.807, 2.05) is 6.07 Å². The van der Waals surface area contributed by atoms with Crippen LogP contribution in [0.4, 0.5) is 4.39 Å². The fourth-order valence-electron chi connectivity index (χ4n) is 0.793. The van der Waals surface area contributed by atoms with Gasteiger partial charge in [-0.3, -0.25) is 0 Å². The lowest BCUT2D eigenvalue weighted by Gasteiger charge is -1.97. The highest BCUT2D eigenvalue weighted by Crippen LogP contribution is 2.03. The fourth-order valence-corrected chi connectivity index (χ4v) is 0.793. The van der Waals surface area contributed by atoms with Gasteiger partial charge in [0.1, 0.15) is 5.82 Å². The summed E-state index contributed by atoms with van der Waals surface area (Å²) in [5.74, 6) is -0.213. The SMILES string of the molecule is COCc1cccc(F)c1. The molecule has 0 aliphatic rings. The van der Waals surface area contributed by atoms with Crippen molar-refractivity contribution in [1.29, 1.82) is 0 Å². The lowest BCUT2D eigenvalue weighted by molar-refractivity contribution is 0.184. The third-order valence-electron chi connectivity index (χ3n) is 1.20. The Morgan fingerprint density at radius 3 is 2.90 bits per heavy atom. The molecule has 0 saturated heterocycles. The zero-order chi connectivity index (χ0) is 7.40. The van der Waals surface area contributed by atoms with E-state index >= 15 is 0 Å². The highest BCUT2D eigenvalue weighted by molar-refractivity contribution is 5.15. The van der Waals surface area contributed by atoms with Crippen LogP contribution in [0, 0.1) is 5.82 Å². The Balaban J connectivity index is 2.75. The third-order valence-corrected chi connectivity index (χ3v) is 1.20. The smallest absolute Gasteiger partial charge is 0.123 e. The molecule has 0 atom stereocenters. The normalized spacial score (nSPS) is 9.80. The Hall–Kier alpha value is -0.890. The molecule has 0 radical (unpaired) electrons. The summed E-state index contributed by atoms with van der Waals surface area (Å²) in [6.07, 6.45) is 0. The largest absolute Gasteiger partial charge is 0.380 e. The molecule has 0 aliphatic carbocycles. The van der Waals surface area contributed by atoms with Gasteiger partial charge in [-0.05, 0) is 17.7 Å². The Morgan fingerprint density at radius 2 is 2.30 bits per heavy atom. The van der Waals surface area contributed by atoms with Crippen LogP contribution >= 0.6 is 0 Å². The summed E-state index contributed by atoms with van der Waals surface area (Å²) in [5.41, 5.74) is 0.863. The molecule has 0 aromatic heterocycles. The molecule has 2 heteroatoms. The van der Waals surface area contributed by atoms with Crippen molar-refractivity contribution in [3.05, 3.63) is 35.6 Å². The minimum Gasteiger partial charge on any atom is -0.380 e. The van der Waals surface area contributed by atoms with E-state index in [9.17, 15) is 4.39 Å². The third kappa shape index (κ3) is 1.81. The van der Waals surface area contributed by atoms with Crippen LogP contribution < -0.4 is 0 Å². The molecule has 10 heavy (non-hydrogen) atoms. The van der Waals surface area contributed by atoms with Crippen molar-refractivity contribution >= 4 is 0 Å². The van der Waals surface area contributed by atoms with E-state index in [4.69, 9.17) is 4.74 Å². The van der Waals surface area contributed by atoms with Crippen LogP contribution in [0.2, 0.25) is 0 Å². The predicted molar refractivity (Wildman–Crippen MR) is 37.1 cm³/mol. The highest BCUT2D eigenvalue weighted by atomic mass is 19.1. The van der Waals surface area contributed by atoms with Crippen molar-refractivity contribution in [2.45, 2.75) is 6.61 Å². The van der Waals surface area contributed by atoms with Crippen LogP contribution in [0.15, 0.2) is 24.3 Å². The number of benzene rings is 1. The molecule has 0 heterocycles. The van der Waals surface area contributed by atoms with Crippen LogP contribution in [0.25, 0.3) is 0 Å². The fraction of sp³-hybridized carbons (Fsp3) is 0.250. The minimum absolute atomic E-state index is 0.213. The van der Waals surface area contributed by atoms with Crippen molar-refractivity contribution in [3.8, 4) is 0 Å². The molecule has 1 aromatic carbocycles. The molecule has 0 bridgehead atoms. The number of methoxy groups -OCH3 is 1. The van der Waals surface area contributed by atoms with Crippen molar-refractivity contribution in [3.63, 3.8) is 0 Å². The van der Waals surface area contributed by atoms with E-state index in [0.29, 0.717) is 6.61 Å². The Morgan fingerprint density at radius 1 is 1.50 bits per heavy atom. The van der Waals surface area contributed by atoms with Crippen LogP contribution in [-0.4, -0.2) is 7.11 Å². The van der Waals surface area contributed by atoms with Crippen LogP contribution in [0.5, 0.6) is 0 Å². The average Bonchev–Trinajstić information content (AvgIpc) is 1.88. The molecule has 0 amide bonds. The topological polar surface area (TPSA) is 9.23 Å². The van der Waals surface area contributed by atoms with Gasteiger partial charge in [-0.2, -0.15) is 0 Å². The molecule has 1 rings (SSSR count). The van der Waals surface area contributed by atoms with Gasteiger partial charge in [-0.15, -0.1) is 0 Å². The van der Waals surface area contributed by atoms with Gasteiger partial charge in [0.25, 0.3) is 0 Å². The molecule has 1 aromatic rings. The van der Waals surface area contributed by atoms with Crippen LogP contribution in [0.1, 0.15) is 5.56 Å². The van der Waals surface area contributed by atoms with E-state index in [1.54, 1.807) is 13.2 Å². The number of ether oxygens (including phenoxy) is 1. The summed E-state index contributed by atoms with van der Waals surface area (Å²) >= 11 is 0. The number of hydrogen-bond donors (Lipinski definition) is 0. The summed E-state index contributed by atoms with van der Waals surface area (Å²) in [7, 11) is 1.59. The Labute approximate surface area is 59.4 Å². The molecule has 0 unspecified atom stereocenters. The summed E-state index contributed by atoms with van der Waals surface area (Å²) in [5, 5.41) is 0. The van der Waals surface area contributed by atoms with Crippen molar-refractivity contribution in [2.75, 3.05) is 7.11 Å². The van der Waals surface area contributed by atoms with Crippen molar-refractivity contribution in [1.82, 2.24) is 0 Å². The minimum atomic E-state index is -0.213. The summed E-state index contributed by atoms with van der Waals surface area (Å²) in [4.78, 5) is 0. The van der Waals surface area contributed by atoms with E-state index in [1.165, 1.54) is 12.1 Å². The van der Waals surface area contributed by atoms with Gasteiger partial charge in [0.2, 0.25) is 0 Å². The lowest BCUT2D eigenvalue weighted by Crippen LogP contribution is -1.86. The van der Waals surface area contributed by atoms with Crippen molar-refractivity contribution in [2.24, 2.45) is 0 Å². The number of halogens is 1. The second kappa shape index (κ2) is 3.32. The van der Waals surface area contributed by atoms with Gasteiger partial charge in [-0.1, -0.05) is 12.1 Å². The molecule has 0 spiro atoms. The van der Waals surface area contributed by atoms with E-state index in [-0.39, 0.29) is 5.82 Å². The van der Waals surface area contributed by atoms with Gasteiger partial charge in [0.15, 0.2) is 0 Å². The molecule has 0 N–H and O–H groups in total. The number of hydrogen-bond acceptors (Lipinski definition) is 1. The first-order valence-corrected chi connectivity index (χ1v) is 3.06. The van der Waals surface area contributed by atoms with Crippen molar-refractivity contribution < 1.29 is 9.13 Å². The first-order valence-electron chi connectivity index (χ1n) is 3.06. The maximum Gasteiger partial charge on any atom is 0.123 e. The zero-order valence-corrected chi connectivity index (χ0v) is 5.80. The van der Waals surface area contributed by atoms with E-state index < -0.39 is 0 Å². The Kier molecular flexibility index (Phi) is 2.40. The lowest BCUT2D eigenvalue weighted by atomic mass is 10.2. The van der Waals surface area contributed by atoms with Gasteiger partial charge < -0.3 is 4.74 Å². The summed E-state index contributed by atoms with van der Waals surface area (Å²) in [6, 6.07) is 6.37. The molecular formula is C8H9FO. The van der Waals surface area contributed by atoms with Gasteiger partial charge in [0, 0.05) is 7.11 Å². The van der Waals surface area contributed by atoms with Gasteiger partial charge in [0.05, 0.1) is 6.61 Å². The average molecular weight is 140 g/mol. The zero-order valence-electron chi connectivity index (χ0n) is 5.80. The number of rotatable bonds is 2. The monoisotopic (exact) mass is 140 g/mol. The molecule has 0 aliphatic heterocycles. The molecule has 54 valence electrons. The second-order valence-corrected chi connectivity index (χ2v) is 2.06. The predicted octanol–water partition coefficient (Wildman–Crippen LogP) is 1.97. The Bertz CT molecular complexity index is 210. The maximum atomic E-state index is 12.4. The van der Waals surface area contributed by atoms with E-state index in [0.717, 1.165) is 5.56 Å². The van der Waals surface area contributed by atoms with Crippen LogP contribution in [-0.2, 0) is 11.3 Å².